The van der Waals surface area contributed by atoms with E-state index >= 15 is 0 Å². The Kier molecular flexibility index (Phi) is 3.21. The summed E-state index contributed by atoms with van der Waals surface area (Å²) in [7, 11) is -0.605. The van der Waals surface area contributed by atoms with Crippen molar-refractivity contribution >= 4 is 10.8 Å². The Hall–Kier alpha value is -0.680. The minimum Gasteiger partial charge on any atom is -0.330 e. The Labute approximate surface area is 92.3 Å². The summed E-state index contributed by atoms with van der Waals surface area (Å²) in [6.07, 6.45) is 5.62. The van der Waals surface area contributed by atoms with Gasteiger partial charge in [-0.3, -0.25) is 4.21 Å². The lowest BCUT2D eigenvalue weighted by atomic mass is 10.1. The zero-order valence-electron chi connectivity index (χ0n) is 8.93. The number of imidazole rings is 1. The van der Waals surface area contributed by atoms with E-state index in [0.29, 0.717) is 6.04 Å². The number of rotatable bonds is 2. The predicted molar refractivity (Wildman–Crippen MR) is 61.0 cm³/mol. The van der Waals surface area contributed by atoms with E-state index in [0.717, 1.165) is 30.0 Å². The van der Waals surface area contributed by atoms with E-state index in [1.807, 2.05) is 19.4 Å². The molecule has 1 fully saturated rings. The van der Waals surface area contributed by atoms with Crippen LogP contribution >= 0.6 is 0 Å². The SMILES string of the molecule is C[C@@H](N)c1cncn1C1CCS(=O)CC1. The summed E-state index contributed by atoms with van der Waals surface area (Å²) >= 11 is 0. The normalized spacial score (nSPS) is 28.9. The lowest BCUT2D eigenvalue weighted by molar-refractivity contribution is 0.441. The van der Waals surface area contributed by atoms with Crippen molar-refractivity contribution in [3.63, 3.8) is 0 Å². The first-order chi connectivity index (χ1) is 7.18. The zero-order valence-corrected chi connectivity index (χ0v) is 9.74. The molecule has 0 unspecified atom stereocenters. The first-order valence-corrected chi connectivity index (χ1v) is 6.79. The van der Waals surface area contributed by atoms with Crippen molar-refractivity contribution in [3.8, 4) is 0 Å². The fraction of sp³-hybridized carbons (Fsp3) is 0.700. The van der Waals surface area contributed by atoms with Gasteiger partial charge in [0.25, 0.3) is 0 Å². The molecule has 4 nitrogen and oxygen atoms in total. The van der Waals surface area contributed by atoms with Crippen LogP contribution in [0.25, 0.3) is 0 Å². The lowest BCUT2D eigenvalue weighted by Crippen LogP contribution is -2.24. The van der Waals surface area contributed by atoms with E-state index in [9.17, 15) is 4.21 Å². The van der Waals surface area contributed by atoms with Gasteiger partial charge in [-0.05, 0) is 19.8 Å². The van der Waals surface area contributed by atoms with Crippen LogP contribution in [0.2, 0.25) is 0 Å². The van der Waals surface area contributed by atoms with Crippen molar-refractivity contribution in [2.24, 2.45) is 5.73 Å². The van der Waals surface area contributed by atoms with Gasteiger partial charge in [-0.25, -0.2) is 4.98 Å². The molecule has 84 valence electrons. The molecule has 2 heterocycles. The molecule has 1 saturated heterocycles. The number of nitrogens with zero attached hydrogens (tertiary/aromatic N) is 2. The molecule has 1 atom stereocenters. The molecule has 0 spiro atoms. The van der Waals surface area contributed by atoms with Gasteiger partial charge in [0.05, 0.1) is 12.0 Å². The monoisotopic (exact) mass is 227 g/mol. The van der Waals surface area contributed by atoms with Crippen molar-refractivity contribution < 1.29 is 4.21 Å². The highest BCUT2D eigenvalue weighted by molar-refractivity contribution is 7.85. The Morgan fingerprint density at radius 2 is 2.27 bits per heavy atom. The maximum absolute atomic E-state index is 11.3. The highest BCUT2D eigenvalue weighted by Crippen LogP contribution is 2.25. The Balaban J connectivity index is 2.15. The summed E-state index contributed by atoms with van der Waals surface area (Å²) in [5, 5.41) is 0. The van der Waals surface area contributed by atoms with Crippen molar-refractivity contribution in [3.05, 3.63) is 18.2 Å². The molecule has 1 aromatic heterocycles. The number of hydrogen-bond donors (Lipinski definition) is 1. The van der Waals surface area contributed by atoms with Crippen LogP contribution in [0.15, 0.2) is 12.5 Å². The fourth-order valence-electron chi connectivity index (χ4n) is 2.03. The molecule has 1 aromatic rings. The third-order valence-electron chi connectivity index (χ3n) is 2.91. The number of aromatic nitrogens is 2. The molecule has 15 heavy (non-hydrogen) atoms. The van der Waals surface area contributed by atoms with Crippen molar-refractivity contribution in [2.75, 3.05) is 11.5 Å². The van der Waals surface area contributed by atoms with Gasteiger partial charge in [0.2, 0.25) is 0 Å². The van der Waals surface area contributed by atoms with Crippen molar-refractivity contribution in [2.45, 2.75) is 31.8 Å². The number of hydrogen-bond acceptors (Lipinski definition) is 3. The summed E-state index contributed by atoms with van der Waals surface area (Å²) in [5.74, 6) is 1.61. The fourth-order valence-corrected chi connectivity index (χ4v) is 3.31. The van der Waals surface area contributed by atoms with Gasteiger partial charge in [0.1, 0.15) is 0 Å². The van der Waals surface area contributed by atoms with Crippen molar-refractivity contribution in [1.82, 2.24) is 9.55 Å². The smallest absolute Gasteiger partial charge is 0.0951 e. The summed E-state index contributed by atoms with van der Waals surface area (Å²) in [5.41, 5.74) is 6.95. The maximum atomic E-state index is 11.3. The first-order valence-electron chi connectivity index (χ1n) is 5.30. The van der Waals surface area contributed by atoms with Gasteiger partial charge >= 0.3 is 0 Å². The quantitative estimate of drug-likeness (QED) is 0.819. The second kappa shape index (κ2) is 4.45. The molecule has 0 radical (unpaired) electrons. The van der Waals surface area contributed by atoms with Crippen LogP contribution < -0.4 is 5.73 Å². The Morgan fingerprint density at radius 3 is 2.87 bits per heavy atom. The standard InChI is InChI=1S/C10H17N3OS/c1-8(11)10-6-12-7-13(10)9-2-4-15(14)5-3-9/h6-9H,2-5,11H2,1H3/t8-,9?,15?/m1/s1. The van der Waals surface area contributed by atoms with Crippen LogP contribution in [0.4, 0.5) is 0 Å². The highest BCUT2D eigenvalue weighted by Gasteiger charge is 2.21. The summed E-state index contributed by atoms with van der Waals surface area (Å²) in [6, 6.07) is 0.450. The first kappa shape index (κ1) is 10.8. The van der Waals surface area contributed by atoms with Gasteiger partial charge < -0.3 is 10.3 Å². The molecular weight excluding hydrogens is 210 g/mol. The second-order valence-corrected chi connectivity index (χ2v) is 5.79. The zero-order chi connectivity index (χ0) is 10.8. The summed E-state index contributed by atoms with van der Waals surface area (Å²) in [4.78, 5) is 4.14. The molecule has 0 amide bonds. The molecule has 1 aliphatic heterocycles. The van der Waals surface area contributed by atoms with E-state index in [1.165, 1.54) is 0 Å². The summed E-state index contributed by atoms with van der Waals surface area (Å²) < 4.78 is 13.4. The minimum absolute atomic E-state index is 0.0138. The Morgan fingerprint density at radius 1 is 1.60 bits per heavy atom. The molecular formula is C10H17N3OS. The number of nitrogens with two attached hydrogens (primary N) is 1. The molecule has 0 bridgehead atoms. The molecule has 0 aliphatic carbocycles. The predicted octanol–water partition coefficient (Wildman–Crippen LogP) is 0.986. The van der Waals surface area contributed by atoms with Crippen LogP contribution in [-0.4, -0.2) is 25.3 Å². The van der Waals surface area contributed by atoms with Crippen molar-refractivity contribution in [1.29, 1.82) is 0 Å². The van der Waals surface area contributed by atoms with Crippen LogP contribution in [0, 0.1) is 0 Å². The molecule has 2 rings (SSSR count). The van der Waals surface area contributed by atoms with Crippen LogP contribution in [0.1, 0.15) is 37.5 Å². The van der Waals surface area contributed by atoms with Gasteiger partial charge in [-0.1, -0.05) is 0 Å². The molecule has 2 N–H and O–H groups in total. The Bertz CT molecular complexity index is 351. The topological polar surface area (TPSA) is 60.9 Å². The van der Waals surface area contributed by atoms with Gasteiger partial charge in [-0.15, -0.1) is 0 Å². The van der Waals surface area contributed by atoms with Gasteiger partial charge in [0.15, 0.2) is 0 Å². The van der Waals surface area contributed by atoms with Gasteiger partial charge in [-0.2, -0.15) is 0 Å². The molecule has 0 saturated carbocycles. The third-order valence-corrected chi connectivity index (χ3v) is 4.30. The van der Waals surface area contributed by atoms with E-state index in [4.69, 9.17) is 5.73 Å². The van der Waals surface area contributed by atoms with Crippen LogP contribution in [-0.2, 0) is 10.8 Å². The average molecular weight is 227 g/mol. The maximum Gasteiger partial charge on any atom is 0.0951 e. The van der Waals surface area contributed by atoms with E-state index in [1.54, 1.807) is 0 Å². The van der Waals surface area contributed by atoms with Gasteiger partial charge in [0, 0.05) is 40.6 Å². The molecule has 0 aromatic carbocycles. The molecule has 1 aliphatic rings. The third kappa shape index (κ3) is 2.29. The molecule has 5 heteroatoms. The minimum atomic E-state index is -0.605. The second-order valence-electron chi connectivity index (χ2n) is 4.09. The van der Waals surface area contributed by atoms with Crippen LogP contribution in [0.5, 0.6) is 0 Å². The average Bonchev–Trinajstić information content (AvgIpc) is 2.67. The summed E-state index contributed by atoms with van der Waals surface area (Å²) in [6.45, 7) is 1.97. The van der Waals surface area contributed by atoms with E-state index < -0.39 is 10.8 Å². The van der Waals surface area contributed by atoms with E-state index in [-0.39, 0.29) is 6.04 Å². The lowest BCUT2D eigenvalue weighted by Gasteiger charge is -2.25. The van der Waals surface area contributed by atoms with E-state index in [2.05, 4.69) is 9.55 Å². The van der Waals surface area contributed by atoms with Crippen LogP contribution in [0.3, 0.4) is 0 Å². The highest BCUT2D eigenvalue weighted by atomic mass is 32.2. The largest absolute Gasteiger partial charge is 0.330 e.